The highest BCUT2D eigenvalue weighted by Gasteiger charge is 2.20. The van der Waals surface area contributed by atoms with E-state index in [4.69, 9.17) is 5.11 Å². The predicted octanol–water partition coefficient (Wildman–Crippen LogP) is 2.90. The van der Waals surface area contributed by atoms with Gasteiger partial charge < -0.3 is 10.4 Å². The maximum Gasteiger partial charge on any atom is 0.0319 e. The second-order valence-electron chi connectivity index (χ2n) is 4.41. The van der Waals surface area contributed by atoms with E-state index in [1.54, 1.807) is 0 Å². The van der Waals surface area contributed by atoms with E-state index in [1.165, 1.54) is 18.4 Å². The van der Waals surface area contributed by atoms with E-state index >= 15 is 0 Å². The van der Waals surface area contributed by atoms with Crippen molar-refractivity contribution in [3.05, 3.63) is 23.8 Å². The van der Waals surface area contributed by atoms with E-state index in [9.17, 15) is 0 Å². The molecule has 0 bridgehead atoms. The molecule has 0 aliphatic heterocycles. The van der Waals surface area contributed by atoms with Gasteiger partial charge in [-0.3, -0.25) is 0 Å². The van der Waals surface area contributed by atoms with E-state index in [0.29, 0.717) is 5.92 Å². The van der Waals surface area contributed by atoms with Crippen LogP contribution in [0.25, 0.3) is 0 Å². The van der Waals surface area contributed by atoms with Crippen LogP contribution >= 0.6 is 0 Å². The first-order chi connectivity index (χ1) is 7.72. The highest BCUT2D eigenvalue weighted by atomic mass is 16.2. The zero-order valence-corrected chi connectivity index (χ0v) is 11.2. The van der Waals surface area contributed by atoms with E-state index in [2.05, 4.69) is 44.3 Å². The summed E-state index contributed by atoms with van der Waals surface area (Å²) in [7, 11) is 1.00. The average Bonchev–Trinajstić information content (AvgIpc) is 3.12. The van der Waals surface area contributed by atoms with E-state index in [-0.39, 0.29) is 0 Å². The Bertz CT molecular complexity index is 217. The summed E-state index contributed by atoms with van der Waals surface area (Å²) in [6.45, 7) is 7.76. The normalized spacial score (nSPS) is 18.2. The molecule has 1 fully saturated rings. The molecule has 1 aliphatic rings. The molecule has 1 saturated carbocycles. The number of aliphatic hydroxyl groups excluding tert-OH is 1. The van der Waals surface area contributed by atoms with Crippen LogP contribution in [0.3, 0.4) is 0 Å². The van der Waals surface area contributed by atoms with Crippen molar-refractivity contribution in [1.29, 1.82) is 0 Å². The Labute approximate surface area is 100 Å². The van der Waals surface area contributed by atoms with Gasteiger partial charge in [0.1, 0.15) is 0 Å². The van der Waals surface area contributed by atoms with Gasteiger partial charge in [-0.05, 0) is 32.1 Å². The summed E-state index contributed by atoms with van der Waals surface area (Å²) in [5, 5.41) is 10.5. The highest BCUT2D eigenvalue weighted by molar-refractivity contribution is 5.10. The molecule has 0 aromatic heterocycles. The second kappa shape index (κ2) is 9.61. The number of nitrogens with one attached hydrogen (secondary N) is 1. The first kappa shape index (κ1) is 15.4. The summed E-state index contributed by atoms with van der Waals surface area (Å²) in [4.78, 5) is 0. The van der Waals surface area contributed by atoms with Gasteiger partial charge in [0, 0.05) is 19.7 Å². The molecule has 2 heteroatoms. The maximum atomic E-state index is 7.00. The number of aliphatic hydroxyl groups is 1. The minimum Gasteiger partial charge on any atom is -0.400 e. The molecule has 0 heterocycles. The average molecular weight is 225 g/mol. The number of allylic oxidation sites excluding steroid dienone is 3. The Kier molecular flexibility index (Phi) is 9.25. The Morgan fingerprint density at radius 1 is 1.44 bits per heavy atom. The van der Waals surface area contributed by atoms with Crippen LogP contribution in [0.4, 0.5) is 0 Å². The molecule has 2 nitrogen and oxygen atoms in total. The van der Waals surface area contributed by atoms with Gasteiger partial charge in [0.2, 0.25) is 0 Å². The third-order valence-corrected chi connectivity index (χ3v) is 2.68. The van der Waals surface area contributed by atoms with Crippen LogP contribution in [-0.4, -0.2) is 24.8 Å². The van der Waals surface area contributed by atoms with Crippen LogP contribution in [0.15, 0.2) is 23.8 Å². The minimum absolute atomic E-state index is 0.650. The molecule has 0 aromatic rings. The summed E-state index contributed by atoms with van der Waals surface area (Å²) < 4.78 is 0. The Morgan fingerprint density at radius 2 is 2.06 bits per heavy atom. The minimum atomic E-state index is 0.650. The van der Waals surface area contributed by atoms with Crippen molar-refractivity contribution < 1.29 is 5.11 Å². The number of rotatable bonds is 6. The van der Waals surface area contributed by atoms with Crippen LogP contribution in [0.2, 0.25) is 0 Å². The van der Waals surface area contributed by atoms with E-state index in [0.717, 1.165) is 26.1 Å². The van der Waals surface area contributed by atoms with Crippen molar-refractivity contribution >= 4 is 0 Å². The fraction of sp³-hybridized carbons (Fsp3) is 0.714. The van der Waals surface area contributed by atoms with Gasteiger partial charge in [-0.25, -0.2) is 0 Å². The van der Waals surface area contributed by atoms with Gasteiger partial charge in [-0.1, -0.05) is 37.6 Å². The van der Waals surface area contributed by atoms with Gasteiger partial charge in [-0.2, -0.15) is 0 Å². The van der Waals surface area contributed by atoms with E-state index < -0.39 is 0 Å². The van der Waals surface area contributed by atoms with Crippen LogP contribution in [0, 0.1) is 5.92 Å². The summed E-state index contributed by atoms with van der Waals surface area (Å²) in [5.74, 6) is 0.650. The lowest BCUT2D eigenvalue weighted by Gasteiger charge is -2.06. The van der Waals surface area contributed by atoms with Crippen LogP contribution in [0.1, 0.15) is 40.0 Å². The summed E-state index contributed by atoms with van der Waals surface area (Å²) in [5.41, 5.74) is 1.45. The lowest BCUT2D eigenvalue weighted by Crippen LogP contribution is -2.21. The standard InChI is InChI=1S/C13H23N.CH4O/c1-4-11(2)6-5-7-12(3)10-14-13-8-9-13;1-2/h5-7,12-14H,4,8-10H2,1-3H3;2H,1H3/b7-5-,11-6+;. The predicted molar refractivity (Wildman–Crippen MR) is 71.5 cm³/mol. The second-order valence-corrected chi connectivity index (χ2v) is 4.41. The van der Waals surface area contributed by atoms with Gasteiger partial charge in [0.25, 0.3) is 0 Å². The monoisotopic (exact) mass is 225 g/mol. The molecule has 1 aliphatic carbocycles. The SMILES string of the molecule is CC/C(C)=C/C=C\C(C)CNC1CC1.CO. The maximum absolute atomic E-state index is 7.00. The lowest BCUT2D eigenvalue weighted by atomic mass is 10.1. The van der Waals surface area contributed by atoms with Crippen LogP contribution in [0.5, 0.6) is 0 Å². The quantitative estimate of drug-likeness (QED) is 0.681. The molecule has 0 spiro atoms. The van der Waals surface area contributed by atoms with Gasteiger partial charge >= 0.3 is 0 Å². The summed E-state index contributed by atoms with van der Waals surface area (Å²) in [6, 6.07) is 0.832. The Morgan fingerprint density at radius 3 is 2.56 bits per heavy atom. The van der Waals surface area contributed by atoms with Gasteiger partial charge in [0.15, 0.2) is 0 Å². The Hall–Kier alpha value is -0.600. The van der Waals surface area contributed by atoms with Crippen molar-refractivity contribution in [2.24, 2.45) is 5.92 Å². The van der Waals surface area contributed by atoms with Crippen molar-refractivity contribution in [3.63, 3.8) is 0 Å². The number of hydrogen-bond donors (Lipinski definition) is 2. The molecule has 0 saturated heterocycles. The number of hydrogen-bond acceptors (Lipinski definition) is 2. The smallest absolute Gasteiger partial charge is 0.0319 e. The van der Waals surface area contributed by atoms with Crippen LogP contribution < -0.4 is 5.32 Å². The zero-order chi connectivity index (χ0) is 12.4. The largest absolute Gasteiger partial charge is 0.400 e. The molecule has 94 valence electrons. The topological polar surface area (TPSA) is 32.3 Å². The lowest BCUT2D eigenvalue weighted by molar-refractivity contribution is 0.399. The molecular formula is C14H27NO. The third kappa shape index (κ3) is 8.69. The van der Waals surface area contributed by atoms with E-state index in [1.807, 2.05) is 0 Å². The van der Waals surface area contributed by atoms with Gasteiger partial charge in [-0.15, -0.1) is 0 Å². The van der Waals surface area contributed by atoms with Crippen LogP contribution in [-0.2, 0) is 0 Å². The third-order valence-electron chi connectivity index (χ3n) is 2.68. The molecule has 1 rings (SSSR count). The van der Waals surface area contributed by atoms with Crippen molar-refractivity contribution in [2.75, 3.05) is 13.7 Å². The summed E-state index contributed by atoms with van der Waals surface area (Å²) >= 11 is 0. The van der Waals surface area contributed by atoms with Gasteiger partial charge in [0.05, 0.1) is 0 Å². The molecule has 16 heavy (non-hydrogen) atoms. The Balaban J connectivity index is 0.00000106. The zero-order valence-electron chi connectivity index (χ0n) is 11.2. The molecular weight excluding hydrogens is 198 g/mol. The van der Waals surface area contributed by atoms with Crippen molar-refractivity contribution in [1.82, 2.24) is 5.32 Å². The molecule has 1 atom stereocenters. The molecule has 2 N–H and O–H groups in total. The fourth-order valence-electron chi connectivity index (χ4n) is 1.24. The van der Waals surface area contributed by atoms with Crippen molar-refractivity contribution in [3.8, 4) is 0 Å². The first-order valence-electron chi connectivity index (χ1n) is 6.24. The van der Waals surface area contributed by atoms with Crippen molar-refractivity contribution in [2.45, 2.75) is 46.1 Å². The molecule has 0 amide bonds. The summed E-state index contributed by atoms with van der Waals surface area (Å²) in [6.07, 6.45) is 10.6. The molecule has 1 unspecified atom stereocenters. The fourth-order valence-corrected chi connectivity index (χ4v) is 1.24. The molecule has 0 aromatic carbocycles. The highest BCUT2D eigenvalue weighted by Crippen LogP contribution is 2.18. The first-order valence-corrected chi connectivity index (χ1v) is 6.24. The molecule has 0 radical (unpaired) electrons.